The third-order valence-electron chi connectivity index (χ3n) is 8.88. The van der Waals surface area contributed by atoms with Crippen molar-refractivity contribution >= 4 is 66.7 Å². The molecule has 1 fully saturated rings. The Bertz CT molecular complexity index is 2190. The molecule has 1 atom stereocenters. The van der Waals surface area contributed by atoms with Crippen LogP contribution in [0.25, 0.3) is 20.5 Å². The number of fused-ring (bicyclic) bond motifs is 2. The van der Waals surface area contributed by atoms with Gasteiger partial charge in [0.2, 0.25) is 11.8 Å². The van der Waals surface area contributed by atoms with Crippen LogP contribution in [-0.2, 0) is 19.1 Å². The van der Waals surface area contributed by atoms with Gasteiger partial charge in [0.1, 0.15) is 29.9 Å². The van der Waals surface area contributed by atoms with E-state index < -0.39 is 29.7 Å². The number of carbonyl (C=O) groups excluding carboxylic acids is 4. The Morgan fingerprint density at radius 2 is 1.54 bits per heavy atom. The molecule has 3 N–H and O–H groups in total. The van der Waals surface area contributed by atoms with Crippen molar-refractivity contribution < 1.29 is 43.2 Å². The fourth-order valence-corrected chi connectivity index (χ4v) is 7.64. The van der Waals surface area contributed by atoms with Gasteiger partial charge < -0.3 is 29.4 Å². The van der Waals surface area contributed by atoms with Gasteiger partial charge in [0.25, 0.3) is 11.8 Å². The standard InChI is InChI=1S/C40H36BrN3O9S/c41-25-4-2-24(3-5-25)37-36(31-13-7-27(45)23-34(31)54-37)53-29-10-8-28(9-11-29)52-21-20-51-19-18-50-17-1-16-42-26-6-12-30-32(22-26)40(49)44(39(30)48)33-14-15-35(46)43-38(33)47/h2-13,22-23,33,42,45H,1,14-21H2,(H,43,46,47). The minimum atomic E-state index is -0.991. The van der Waals surface area contributed by atoms with Gasteiger partial charge in [0.05, 0.1) is 35.8 Å². The van der Waals surface area contributed by atoms with Gasteiger partial charge in [-0.05, 0) is 91.2 Å². The van der Waals surface area contributed by atoms with Gasteiger partial charge in [0, 0.05) is 39.8 Å². The molecule has 0 bridgehead atoms. The van der Waals surface area contributed by atoms with Crippen LogP contribution >= 0.6 is 27.3 Å². The average Bonchev–Trinajstić information content (AvgIpc) is 3.63. The van der Waals surface area contributed by atoms with E-state index in [2.05, 4.69) is 26.6 Å². The molecule has 278 valence electrons. The Morgan fingerprint density at radius 3 is 2.31 bits per heavy atom. The topological polar surface area (TPSA) is 153 Å². The molecule has 2 aliphatic heterocycles. The van der Waals surface area contributed by atoms with Crippen LogP contribution in [0.2, 0.25) is 0 Å². The van der Waals surface area contributed by atoms with Crippen molar-refractivity contribution in [3.05, 3.63) is 101 Å². The van der Waals surface area contributed by atoms with Gasteiger partial charge in [0.15, 0.2) is 5.75 Å². The Labute approximate surface area is 323 Å². The number of carbonyl (C=O) groups is 4. The molecule has 7 rings (SSSR count). The summed E-state index contributed by atoms with van der Waals surface area (Å²) in [7, 11) is 0. The maximum absolute atomic E-state index is 13.0. The van der Waals surface area contributed by atoms with Crippen molar-refractivity contribution in [1.29, 1.82) is 0 Å². The molecule has 14 heteroatoms. The first-order valence-corrected chi connectivity index (χ1v) is 19.0. The molecular weight excluding hydrogens is 778 g/mol. The number of thiophene rings is 1. The summed E-state index contributed by atoms with van der Waals surface area (Å²) < 4.78 is 25.5. The van der Waals surface area contributed by atoms with Crippen LogP contribution in [0.5, 0.6) is 23.0 Å². The number of benzene rings is 4. The van der Waals surface area contributed by atoms with Gasteiger partial charge in [-0.15, -0.1) is 11.3 Å². The number of anilines is 1. The van der Waals surface area contributed by atoms with Gasteiger partial charge in [-0.3, -0.25) is 29.4 Å². The predicted octanol–water partition coefficient (Wildman–Crippen LogP) is 7.14. The monoisotopic (exact) mass is 813 g/mol. The lowest BCUT2D eigenvalue weighted by atomic mass is 10.0. The Morgan fingerprint density at radius 1 is 0.815 bits per heavy atom. The van der Waals surface area contributed by atoms with Crippen molar-refractivity contribution in [2.24, 2.45) is 0 Å². The number of phenols is 1. The largest absolute Gasteiger partial charge is 0.508 e. The van der Waals surface area contributed by atoms with Crippen LogP contribution in [0.1, 0.15) is 40.0 Å². The maximum atomic E-state index is 13.0. The van der Waals surface area contributed by atoms with Crippen molar-refractivity contribution in [1.82, 2.24) is 10.2 Å². The molecule has 0 aliphatic carbocycles. The lowest BCUT2D eigenvalue weighted by molar-refractivity contribution is -0.136. The smallest absolute Gasteiger partial charge is 0.262 e. The first kappa shape index (κ1) is 37.1. The first-order chi connectivity index (χ1) is 26.2. The van der Waals surface area contributed by atoms with E-state index in [9.17, 15) is 24.3 Å². The fraction of sp³-hybridized carbons (Fsp3) is 0.250. The summed E-state index contributed by atoms with van der Waals surface area (Å²) in [5.74, 6) is 0.178. The van der Waals surface area contributed by atoms with Gasteiger partial charge in [-0.2, -0.15) is 0 Å². The number of halogens is 1. The van der Waals surface area contributed by atoms with Crippen LogP contribution in [0.4, 0.5) is 5.69 Å². The quantitative estimate of drug-likeness (QED) is 0.0692. The number of piperidine rings is 1. The number of nitrogens with zero attached hydrogens (tertiary/aromatic N) is 1. The number of nitrogens with one attached hydrogen (secondary N) is 2. The van der Waals surface area contributed by atoms with Gasteiger partial charge in [-0.1, -0.05) is 28.1 Å². The van der Waals surface area contributed by atoms with Crippen molar-refractivity contribution in [3.63, 3.8) is 0 Å². The molecule has 4 amide bonds. The number of aromatic hydroxyl groups is 1. The molecule has 5 aromatic rings. The van der Waals surface area contributed by atoms with Gasteiger partial charge >= 0.3 is 0 Å². The highest BCUT2D eigenvalue weighted by Crippen LogP contribution is 2.47. The molecule has 0 spiro atoms. The summed E-state index contributed by atoms with van der Waals surface area (Å²) in [6, 6.07) is 24.6. The zero-order valence-corrected chi connectivity index (χ0v) is 31.4. The Hall–Kier alpha value is -5.28. The average molecular weight is 815 g/mol. The number of phenolic OH excluding ortho intramolecular Hbond substituents is 1. The van der Waals surface area contributed by atoms with Crippen LogP contribution in [-0.4, -0.2) is 79.3 Å². The normalized spacial score (nSPS) is 15.4. The highest BCUT2D eigenvalue weighted by molar-refractivity contribution is 9.10. The fourth-order valence-electron chi connectivity index (χ4n) is 6.20. The SMILES string of the molecule is O=C1CCC(N2C(=O)c3ccc(NCCCOCCOCCOc4ccc(Oc5c(-c6ccc(Br)cc6)sc6cc(O)ccc56)cc4)cc3C2=O)C(=O)N1. The maximum Gasteiger partial charge on any atom is 0.262 e. The minimum Gasteiger partial charge on any atom is -0.508 e. The van der Waals surface area contributed by atoms with Crippen molar-refractivity contribution in [3.8, 4) is 33.4 Å². The lowest BCUT2D eigenvalue weighted by Crippen LogP contribution is -2.54. The van der Waals surface area contributed by atoms with E-state index in [-0.39, 0.29) is 29.7 Å². The molecule has 0 saturated carbocycles. The summed E-state index contributed by atoms with van der Waals surface area (Å²) >= 11 is 5.06. The van der Waals surface area contributed by atoms with Crippen molar-refractivity contribution in [2.45, 2.75) is 25.3 Å². The van der Waals surface area contributed by atoms with Crippen LogP contribution < -0.4 is 20.1 Å². The number of hydrogen-bond donors (Lipinski definition) is 3. The summed E-state index contributed by atoms with van der Waals surface area (Å²) in [6.07, 6.45) is 0.892. The second-order valence-corrected chi connectivity index (χ2v) is 14.6. The summed E-state index contributed by atoms with van der Waals surface area (Å²) in [4.78, 5) is 51.6. The van der Waals surface area contributed by atoms with E-state index in [1.165, 1.54) is 0 Å². The molecule has 12 nitrogen and oxygen atoms in total. The van der Waals surface area contributed by atoms with E-state index in [1.807, 2.05) is 54.6 Å². The highest BCUT2D eigenvalue weighted by Gasteiger charge is 2.44. The molecular formula is C40H36BrN3O9S. The van der Waals surface area contributed by atoms with E-state index in [0.717, 1.165) is 35.6 Å². The Kier molecular flexibility index (Phi) is 11.5. The second kappa shape index (κ2) is 16.8. The number of ether oxygens (including phenoxy) is 4. The van der Waals surface area contributed by atoms with Crippen LogP contribution in [0, 0.1) is 0 Å². The third-order valence-corrected chi connectivity index (χ3v) is 10.6. The van der Waals surface area contributed by atoms with Crippen LogP contribution in [0.15, 0.2) is 89.4 Å². The molecule has 1 saturated heterocycles. The summed E-state index contributed by atoms with van der Waals surface area (Å²) in [6.45, 7) is 2.70. The first-order valence-electron chi connectivity index (χ1n) is 17.4. The molecule has 1 unspecified atom stereocenters. The number of amides is 4. The summed E-state index contributed by atoms with van der Waals surface area (Å²) in [5, 5.41) is 16.4. The van der Waals surface area contributed by atoms with E-state index >= 15 is 0 Å². The molecule has 2 aliphatic rings. The van der Waals surface area contributed by atoms with Crippen LogP contribution in [0.3, 0.4) is 0 Å². The molecule has 4 aromatic carbocycles. The zero-order valence-electron chi connectivity index (χ0n) is 29.0. The number of imide groups is 2. The third kappa shape index (κ3) is 8.42. The molecule has 1 aromatic heterocycles. The highest BCUT2D eigenvalue weighted by atomic mass is 79.9. The van der Waals surface area contributed by atoms with E-state index in [0.29, 0.717) is 63.2 Å². The van der Waals surface area contributed by atoms with E-state index in [4.69, 9.17) is 18.9 Å². The minimum absolute atomic E-state index is 0.0751. The number of rotatable bonds is 16. The zero-order chi connectivity index (χ0) is 37.6. The molecule has 54 heavy (non-hydrogen) atoms. The predicted molar refractivity (Wildman–Crippen MR) is 206 cm³/mol. The Balaban J connectivity index is 0.785. The second-order valence-electron chi connectivity index (χ2n) is 12.6. The number of hydrogen-bond acceptors (Lipinski definition) is 11. The lowest BCUT2D eigenvalue weighted by Gasteiger charge is -2.27. The summed E-state index contributed by atoms with van der Waals surface area (Å²) in [5.41, 5.74) is 2.17. The van der Waals surface area contributed by atoms with Crippen molar-refractivity contribution in [2.75, 3.05) is 44.9 Å². The van der Waals surface area contributed by atoms with E-state index in [1.54, 1.807) is 41.7 Å². The molecule has 0 radical (unpaired) electrons. The van der Waals surface area contributed by atoms with Gasteiger partial charge in [-0.25, -0.2) is 0 Å². The molecule has 3 heterocycles.